The van der Waals surface area contributed by atoms with Gasteiger partial charge in [0.05, 0.1) is 0 Å². The van der Waals surface area contributed by atoms with Crippen LogP contribution in [0.4, 0.5) is 5.69 Å². The Bertz CT molecular complexity index is 1250. The molecule has 39 heavy (non-hydrogen) atoms. The lowest BCUT2D eigenvalue weighted by Gasteiger charge is -2.53. The summed E-state index contributed by atoms with van der Waals surface area (Å²) in [4.78, 5) is 25.3. The van der Waals surface area contributed by atoms with E-state index in [-0.39, 0.29) is 23.5 Å². The molecule has 0 aromatic heterocycles. The summed E-state index contributed by atoms with van der Waals surface area (Å²) in [6.45, 7) is 5.01. The van der Waals surface area contributed by atoms with Crippen molar-refractivity contribution in [2.45, 2.75) is 96.0 Å². The van der Waals surface area contributed by atoms with Gasteiger partial charge >= 0.3 is 5.97 Å². The van der Waals surface area contributed by atoms with Crippen LogP contribution in [0.15, 0.2) is 47.1 Å². The Morgan fingerprint density at radius 2 is 1.87 bits per heavy atom. The number of carbonyl (C=O) groups excluding carboxylic acids is 1. The van der Waals surface area contributed by atoms with Crippen LogP contribution in [-0.2, 0) is 9.59 Å². The molecule has 4 aliphatic rings. The maximum absolute atomic E-state index is 12.3. The number of carboxylic acids is 1. The third-order valence-corrected chi connectivity index (χ3v) is 10.3. The van der Waals surface area contributed by atoms with Gasteiger partial charge in [-0.25, -0.2) is 0 Å². The Kier molecular flexibility index (Phi) is 7.80. The first-order valence-corrected chi connectivity index (χ1v) is 14.8. The van der Waals surface area contributed by atoms with Crippen molar-refractivity contribution in [3.63, 3.8) is 0 Å². The standard InChI is InChI=1S/C34H43NO4/c1-4-18-34(39)19-17-30-28-15-11-24-21-26(36)14-16-27(24)32(28)29(22-33(30,34)2)23-9-12-25(13-10-23)35(3)20-7-5-6-8-31(37)38/h9-10,12-13,21,28-30,39H,5-8,11,14-17,19-20,22H2,1-3H3,(H,37,38)/t28-,29+,30-,33-,34-/m0/s1. The Morgan fingerprint density at radius 3 is 2.59 bits per heavy atom. The Labute approximate surface area is 233 Å². The number of aliphatic hydroxyl groups is 1. The van der Waals surface area contributed by atoms with Gasteiger partial charge in [-0.1, -0.05) is 37.0 Å². The van der Waals surface area contributed by atoms with E-state index in [2.05, 4.69) is 55.0 Å². The van der Waals surface area contributed by atoms with Crippen LogP contribution in [0.1, 0.15) is 96.0 Å². The molecule has 0 amide bonds. The van der Waals surface area contributed by atoms with E-state index in [0.717, 1.165) is 70.0 Å². The fourth-order valence-corrected chi connectivity index (χ4v) is 8.27. The highest BCUT2D eigenvalue weighted by molar-refractivity contribution is 5.93. The van der Waals surface area contributed by atoms with Crippen molar-refractivity contribution in [3.05, 3.63) is 52.6 Å². The average molecular weight is 530 g/mol. The molecule has 2 fully saturated rings. The summed E-state index contributed by atoms with van der Waals surface area (Å²) >= 11 is 0. The summed E-state index contributed by atoms with van der Waals surface area (Å²) < 4.78 is 0. The predicted molar refractivity (Wildman–Crippen MR) is 154 cm³/mol. The largest absolute Gasteiger partial charge is 0.481 e. The van der Waals surface area contributed by atoms with E-state index in [1.165, 1.54) is 22.3 Å². The molecule has 1 aromatic carbocycles. The van der Waals surface area contributed by atoms with Crippen molar-refractivity contribution in [2.24, 2.45) is 17.3 Å². The number of nitrogens with zero attached hydrogens (tertiary/aromatic N) is 1. The number of aliphatic carboxylic acids is 1. The molecule has 0 bridgehead atoms. The van der Waals surface area contributed by atoms with Crippen LogP contribution in [0.25, 0.3) is 0 Å². The lowest BCUT2D eigenvalue weighted by Crippen LogP contribution is -2.51. The van der Waals surface area contributed by atoms with Crippen LogP contribution < -0.4 is 4.90 Å². The summed E-state index contributed by atoms with van der Waals surface area (Å²) in [5.74, 6) is 6.87. The van der Waals surface area contributed by atoms with Gasteiger partial charge in [0.15, 0.2) is 5.78 Å². The van der Waals surface area contributed by atoms with Gasteiger partial charge in [-0.15, -0.1) is 5.92 Å². The first-order chi connectivity index (χ1) is 18.7. The molecule has 2 N–H and O–H groups in total. The molecule has 5 atom stereocenters. The maximum Gasteiger partial charge on any atom is 0.303 e. The second-order valence-electron chi connectivity index (χ2n) is 12.5. The monoisotopic (exact) mass is 529 g/mol. The summed E-state index contributed by atoms with van der Waals surface area (Å²) in [5, 5.41) is 20.7. The molecule has 1 aromatic rings. The lowest BCUT2D eigenvalue weighted by molar-refractivity contribution is -0.137. The number of ketones is 1. The minimum Gasteiger partial charge on any atom is -0.481 e. The predicted octanol–water partition coefficient (Wildman–Crippen LogP) is 6.42. The zero-order valence-corrected chi connectivity index (χ0v) is 23.8. The molecular weight excluding hydrogens is 486 g/mol. The summed E-state index contributed by atoms with van der Waals surface area (Å²) in [7, 11) is 2.10. The van der Waals surface area contributed by atoms with Crippen molar-refractivity contribution in [2.75, 3.05) is 18.5 Å². The van der Waals surface area contributed by atoms with Gasteiger partial charge in [-0.3, -0.25) is 9.59 Å². The molecular formula is C34H43NO4. The van der Waals surface area contributed by atoms with Crippen LogP contribution in [0.2, 0.25) is 0 Å². The van der Waals surface area contributed by atoms with Crippen LogP contribution in [0.3, 0.4) is 0 Å². The van der Waals surface area contributed by atoms with Crippen LogP contribution in [0, 0.1) is 29.1 Å². The number of fused-ring (bicyclic) bond motifs is 4. The smallest absolute Gasteiger partial charge is 0.303 e. The van der Waals surface area contributed by atoms with Gasteiger partial charge in [0.25, 0.3) is 0 Å². The Hall–Kier alpha value is -2.84. The van der Waals surface area contributed by atoms with E-state index < -0.39 is 11.6 Å². The number of allylic oxidation sites excluding steroid dienone is 4. The lowest BCUT2D eigenvalue weighted by atomic mass is 9.51. The SMILES string of the molecule is CC#C[C@]1(O)CC[C@H]2[C@@H]3CCC4=CC(=O)CCC4=C3[C@@H](c3ccc(N(C)CCCCCC(=O)O)cc3)C[C@@]21C. The first kappa shape index (κ1) is 27.7. The molecule has 0 unspecified atom stereocenters. The van der Waals surface area contributed by atoms with Crippen molar-refractivity contribution in [3.8, 4) is 11.8 Å². The van der Waals surface area contributed by atoms with Crippen molar-refractivity contribution < 1.29 is 19.8 Å². The molecule has 0 saturated heterocycles. The molecule has 5 nitrogen and oxygen atoms in total. The van der Waals surface area contributed by atoms with E-state index in [9.17, 15) is 14.7 Å². The number of unbranched alkanes of at least 4 members (excludes halogenated alkanes) is 2. The van der Waals surface area contributed by atoms with Gasteiger partial charge in [-0.2, -0.15) is 0 Å². The van der Waals surface area contributed by atoms with E-state index in [1.807, 2.05) is 13.0 Å². The number of benzene rings is 1. The molecule has 5 rings (SSSR count). The molecule has 0 heterocycles. The average Bonchev–Trinajstić information content (AvgIpc) is 3.17. The second-order valence-corrected chi connectivity index (χ2v) is 12.5. The zero-order chi connectivity index (χ0) is 27.8. The van der Waals surface area contributed by atoms with Gasteiger partial charge in [0.1, 0.15) is 5.60 Å². The topological polar surface area (TPSA) is 77.8 Å². The first-order valence-electron chi connectivity index (χ1n) is 14.8. The van der Waals surface area contributed by atoms with E-state index in [0.29, 0.717) is 18.3 Å². The number of hydrogen-bond donors (Lipinski definition) is 2. The highest BCUT2D eigenvalue weighted by Gasteiger charge is 2.62. The number of anilines is 1. The Morgan fingerprint density at radius 1 is 1.10 bits per heavy atom. The number of carboxylic acid groups (broad SMARTS) is 1. The molecule has 0 spiro atoms. The summed E-state index contributed by atoms with van der Waals surface area (Å²) in [6, 6.07) is 8.94. The molecule has 0 aliphatic heterocycles. The van der Waals surface area contributed by atoms with Crippen LogP contribution >= 0.6 is 0 Å². The van der Waals surface area contributed by atoms with Gasteiger partial charge in [0, 0.05) is 43.5 Å². The number of carbonyl (C=O) groups is 2. The van der Waals surface area contributed by atoms with Gasteiger partial charge < -0.3 is 15.1 Å². The van der Waals surface area contributed by atoms with Gasteiger partial charge in [-0.05, 0) is 105 Å². The van der Waals surface area contributed by atoms with Crippen molar-refractivity contribution in [1.29, 1.82) is 0 Å². The molecule has 0 radical (unpaired) electrons. The minimum atomic E-state index is -0.958. The second kappa shape index (κ2) is 11.0. The van der Waals surface area contributed by atoms with Gasteiger partial charge in [0.2, 0.25) is 0 Å². The zero-order valence-electron chi connectivity index (χ0n) is 23.8. The minimum absolute atomic E-state index is 0.210. The van der Waals surface area contributed by atoms with Crippen LogP contribution in [-0.4, -0.2) is 41.2 Å². The number of hydrogen-bond acceptors (Lipinski definition) is 4. The highest BCUT2D eigenvalue weighted by atomic mass is 16.4. The van der Waals surface area contributed by atoms with Crippen molar-refractivity contribution >= 4 is 17.4 Å². The maximum atomic E-state index is 12.3. The Balaban J connectivity index is 1.45. The summed E-state index contributed by atoms with van der Waals surface area (Å²) in [6.07, 6.45) is 10.8. The van der Waals surface area contributed by atoms with E-state index in [4.69, 9.17) is 5.11 Å². The van der Waals surface area contributed by atoms with Crippen molar-refractivity contribution in [1.82, 2.24) is 0 Å². The van der Waals surface area contributed by atoms with Crippen LogP contribution in [0.5, 0.6) is 0 Å². The fourth-order valence-electron chi connectivity index (χ4n) is 8.27. The fraction of sp³-hybridized carbons (Fsp3) is 0.588. The molecule has 4 aliphatic carbocycles. The summed E-state index contributed by atoms with van der Waals surface area (Å²) in [5.41, 5.74) is 5.44. The third kappa shape index (κ3) is 5.09. The normalized spacial score (nSPS) is 31.4. The molecule has 5 heteroatoms. The van der Waals surface area contributed by atoms with E-state index in [1.54, 1.807) is 0 Å². The molecule has 2 saturated carbocycles. The quantitative estimate of drug-likeness (QED) is 0.300. The third-order valence-electron chi connectivity index (χ3n) is 10.3. The number of rotatable bonds is 8. The molecule has 208 valence electrons. The highest BCUT2D eigenvalue weighted by Crippen LogP contribution is 2.66. The van der Waals surface area contributed by atoms with E-state index >= 15 is 0 Å².